The lowest BCUT2D eigenvalue weighted by Crippen LogP contribution is -2.04. The summed E-state index contributed by atoms with van der Waals surface area (Å²) < 4.78 is 10.8. The zero-order valence-corrected chi connectivity index (χ0v) is 11.0. The highest BCUT2D eigenvalue weighted by Crippen LogP contribution is 2.38. The molecular weight excluding hydrogens is 250 g/mol. The third kappa shape index (κ3) is 3.94. The number of hydrogen-bond acceptors (Lipinski definition) is 5. The van der Waals surface area contributed by atoms with Crippen LogP contribution in [0.3, 0.4) is 0 Å². The zero-order valence-electron chi connectivity index (χ0n) is 11.0. The molecule has 1 aromatic rings. The smallest absolute Gasteiger partial charge is 0.315 e. The van der Waals surface area contributed by atoms with Crippen molar-refractivity contribution >= 4 is 12.0 Å². The summed E-state index contributed by atoms with van der Waals surface area (Å²) in [7, 11) is 0. The second-order valence-corrected chi connectivity index (χ2v) is 3.88. The van der Waals surface area contributed by atoms with Gasteiger partial charge in [-0.05, 0) is 19.4 Å². The maximum atomic E-state index is 11.0. The highest BCUT2D eigenvalue weighted by atomic mass is 16.6. The fraction of sp³-hybridized carbons (Fsp3) is 0.462. The van der Waals surface area contributed by atoms with Crippen molar-refractivity contribution in [3.05, 3.63) is 27.8 Å². The first kappa shape index (κ1) is 14.9. The predicted molar refractivity (Wildman–Crippen MR) is 70.1 cm³/mol. The van der Waals surface area contributed by atoms with Crippen molar-refractivity contribution in [1.29, 1.82) is 0 Å². The summed E-state index contributed by atoms with van der Waals surface area (Å²) in [5.41, 5.74) is -0.0536. The molecule has 0 saturated heterocycles. The van der Waals surface area contributed by atoms with Gasteiger partial charge in [0.2, 0.25) is 5.75 Å². The molecule has 0 aromatic heterocycles. The van der Waals surface area contributed by atoms with Gasteiger partial charge in [-0.3, -0.25) is 14.9 Å². The van der Waals surface area contributed by atoms with Gasteiger partial charge in [0, 0.05) is 11.6 Å². The topological polar surface area (TPSA) is 78.7 Å². The molecule has 0 heterocycles. The van der Waals surface area contributed by atoms with Crippen LogP contribution in [0, 0.1) is 10.1 Å². The van der Waals surface area contributed by atoms with Gasteiger partial charge in [-0.25, -0.2) is 0 Å². The maximum absolute atomic E-state index is 11.0. The van der Waals surface area contributed by atoms with E-state index in [0.717, 1.165) is 12.8 Å². The molecule has 104 valence electrons. The van der Waals surface area contributed by atoms with Gasteiger partial charge >= 0.3 is 5.69 Å². The van der Waals surface area contributed by atoms with E-state index < -0.39 is 4.92 Å². The van der Waals surface area contributed by atoms with E-state index in [9.17, 15) is 14.9 Å². The summed E-state index contributed by atoms with van der Waals surface area (Å²) in [6.07, 6.45) is 2.26. The molecule has 19 heavy (non-hydrogen) atoms. The van der Waals surface area contributed by atoms with Gasteiger partial charge in [0.1, 0.15) is 6.29 Å². The molecule has 0 unspecified atom stereocenters. The minimum absolute atomic E-state index is 0.0888. The Bertz CT molecular complexity index is 459. The number of benzene rings is 1. The van der Waals surface area contributed by atoms with Gasteiger partial charge in [-0.15, -0.1) is 0 Å². The van der Waals surface area contributed by atoms with E-state index in [1.165, 1.54) is 12.1 Å². The van der Waals surface area contributed by atoms with E-state index in [2.05, 4.69) is 0 Å². The van der Waals surface area contributed by atoms with Crippen LogP contribution in [0.5, 0.6) is 11.5 Å². The molecule has 0 aliphatic rings. The monoisotopic (exact) mass is 267 g/mol. The number of nitro groups is 1. The van der Waals surface area contributed by atoms with E-state index in [1.807, 2.05) is 6.92 Å². The molecule has 1 rings (SSSR count). The molecule has 0 bridgehead atoms. The Balaban J connectivity index is 3.19. The lowest BCUT2D eigenvalue weighted by molar-refractivity contribution is -0.386. The number of ether oxygens (including phenoxy) is 2. The van der Waals surface area contributed by atoms with Gasteiger partial charge in [-0.1, -0.05) is 13.3 Å². The summed E-state index contributed by atoms with van der Waals surface area (Å²) in [5.74, 6) is 0.320. The number of carbonyl (C=O) groups excluding carboxylic acids is 1. The molecule has 0 radical (unpaired) electrons. The van der Waals surface area contributed by atoms with Crippen LogP contribution >= 0.6 is 0 Å². The van der Waals surface area contributed by atoms with E-state index in [4.69, 9.17) is 9.47 Å². The largest absolute Gasteiger partial charge is 0.490 e. The summed E-state index contributed by atoms with van der Waals surface area (Å²) in [6.45, 7) is 4.47. The molecular formula is C13H17NO5. The Morgan fingerprint density at radius 1 is 1.32 bits per heavy atom. The minimum Gasteiger partial charge on any atom is -0.490 e. The molecule has 0 spiro atoms. The number of nitrogens with zero attached hydrogens (tertiary/aromatic N) is 1. The molecule has 0 N–H and O–H groups in total. The van der Waals surface area contributed by atoms with Crippen LogP contribution in [-0.4, -0.2) is 24.4 Å². The lowest BCUT2D eigenvalue weighted by Gasteiger charge is -2.12. The quantitative estimate of drug-likeness (QED) is 0.313. The van der Waals surface area contributed by atoms with Gasteiger partial charge in [0.25, 0.3) is 0 Å². The number of carbonyl (C=O) groups is 1. The number of nitro benzene ring substituents is 1. The van der Waals surface area contributed by atoms with E-state index >= 15 is 0 Å². The zero-order chi connectivity index (χ0) is 14.3. The molecule has 0 saturated carbocycles. The second-order valence-electron chi connectivity index (χ2n) is 3.88. The molecule has 6 heteroatoms. The van der Waals surface area contributed by atoms with Gasteiger partial charge in [-0.2, -0.15) is 0 Å². The molecule has 0 amide bonds. The van der Waals surface area contributed by atoms with E-state index in [-0.39, 0.29) is 22.7 Å². The average Bonchev–Trinajstić information content (AvgIpc) is 2.40. The molecule has 0 aliphatic heterocycles. The van der Waals surface area contributed by atoms with Crippen molar-refractivity contribution in [1.82, 2.24) is 0 Å². The Morgan fingerprint density at radius 3 is 2.58 bits per heavy atom. The fourth-order valence-electron chi connectivity index (χ4n) is 1.54. The summed E-state index contributed by atoms with van der Waals surface area (Å²) in [5, 5.41) is 11.0. The molecule has 0 fully saturated rings. The van der Waals surface area contributed by atoms with Crippen molar-refractivity contribution in [2.45, 2.75) is 26.7 Å². The van der Waals surface area contributed by atoms with Crippen LogP contribution in [-0.2, 0) is 0 Å². The Hall–Kier alpha value is -2.11. The molecule has 0 atom stereocenters. The van der Waals surface area contributed by atoms with Crippen LogP contribution in [0.25, 0.3) is 0 Å². The Kier molecular flexibility index (Phi) is 5.78. The maximum Gasteiger partial charge on any atom is 0.315 e. The number of aldehydes is 1. The number of hydrogen-bond donors (Lipinski definition) is 0. The lowest BCUT2D eigenvalue weighted by atomic mass is 10.2. The van der Waals surface area contributed by atoms with Crippen LogP contribution in [0.2, 0.25) is 0 Å². The number of rotatable bonds is 8. The van der Waals surface area contributed by atoms with E-state index in [0.29, 0.717) is 19.5 Å². The first-order valence-corrected chi connectivity index (χ1v) is 6.17. The summed E-state index contributed by atoms with van der Waals surface area (Å²) in [6, 6.07) is 2.64. The first-order valence-electron chi connectivity index (χ1n) is 6.17. The Morgan fingerprint density at radius 2 is 2.05 bits per heavy atom. The second kappa shape index (κ2) is 7.35. The first-order chi connectivity index (χ1) is 9.13. The van der Waals surface area contributed by atoms with Crippen molar-refractivity contribution in [2.75, 3.05) is 13.2 Å². The van der Waals surface area contributed by atoms with Crippen molar-refractivity contribution in [3.8, 4) is 11.5 Å². The summed E-state index contributed by atoms with van der Waals surface area (Å²) >= 11 is 0. The van der Waals surface area contributed by atoms with Crippen molar-refractivity contribution in [2.24, 2.45) is 0 Å². The molecule has 6 nitrogen and oxygen atoms in total. The highest BCUT2D eigenvalue weighted by molar-refractivity contribution is 5.79. The van der Waals surface area contributed by atoms with Gasteiger partial charge in [0.15, 0.2) is 5.75 Å². The highest BCUT2D eigenvalue weighted by Gasteiger charge is 2.22. The standard InChI is InChI=1S/C13H17NO5/c1-3-5-6-19-13-11(14(16)17)7-10(9-15)8-12(13)18-4-2/h7-9H,3-6H2,1-2H3. The van der Waals surface area contributed by atoms with Crippen LogP contribution in [0.1, 0.15) is 37.0 Å². The normalized spacial score (nSPS) is 10.0. The van der Waals surface area contributed by atoms with Crippen molar-refractivity contribution < 1.29 is 19.2 Å². The molecule has 0 aliphatic carbocycles. The fourth-order valence-corrected chi connectivity index (χ4v) is 1.54. The Labute approximate surface area is 111 Å². The predicted octanol–water partition coefficient (Wildman–Crippen LogP) is 2.98. The van der Waals surface area contributed by atoms with Crippen molar-refractivity contribution in [3.63, 3.8) is 0 Å². The van der Waals surface area contributed by atoms with Gasteiger partial charge in [0.05, 0.1) is 18.1 Å². The van der Waals surface area contributed by atoms with E-state index in [1.54, 1.807) is 6.92 Å². The number of unbranched alkanes of at least 4 members (excludes halogenated alkanes) is 1. The van der Waals surface area contributed by atoms with Crippen LogP contribution in [0.4, 0.5) is 5.69 Å². The third-order valence-electron chi connectivity index (χ3n) is 2.43. The third-order valence-corrected chi connectivity index (χ3v) is 2.43. The minimum atomic E-state index is -0.573. The van der Waals surface area contributed by atoms with Crippen LogP contribution in [0.15, 0.2) is 12.1 Å². The average molecular weight is 267 g/mol. The summed E-state index contributed by atoms with van der Waals surface area (Å²) in [4.78, 5) is 21.3. The van der Waals surface area contributed by atoms with Crippen LogP contribution < -0.4 is 9.47 Å². The SMILES string of the molecule is CCCCOc1c(OCC)cc(C=O)cc1[N+](=O)[O-]. The van der Waals surface area contributed by atoms with Gasteiger partial charge < -0.3 is 9.47 Å². The molecule has 1 aromatic carbocycles.